The molecule has 0 aliphatic carbocycles. The zero-order valence-electron chi connectivity index (χ0n) is 10.9. The molecular weight excluding hydrogens is 330 g/mol. The number of amides is 1. The number of esters is 1. The minimum Gasteiger partial charge on any atom is -0.465 e. The minimum atomic E-state index is -0.382. The van der Waals surface area contributed by atoms with E-state index in [0.29, 0.717) is 12.4 Å². The molecule has 1 aromatic carbocycles. The van der Waals surface area contributed by atoms with Gasteiger partial charge in [-0.3, -0.25) is 9.59 Å². The molecule has 0 bridgehead atoms. The maximum atomic E-state index is 11.8. The molecule has 6 heteroatoms. The summed E-state index contributed by atoms with van der Waals surface area (Å²) < 4.78 is 5.80. The van der Waals surface area contributed by atoms with Crippen LogP contribution in [0.2, 0.25) is 0 Å². The van der Waals surface area contributed by atoms with Crippen molar-refractivity contribution in [1.82, 2.24) is 4.90 Å². The second-order valence-electron chi connectivity index (χ2n) is 3.80. The smallest absolute Gasteiger partial charge is 0.325 e. The lowest BCUT2D eigenvalue weighted by Crippen LogP contribution is -2.34. The molecule has 1 rings (SSSR count). The second kappa shape index (κ2) is 8.22. The number of ether oxygens (including phenoxy) is 1. The van der Waals surface area contributed by atoms with Gasteiger partial charge in [-0.2, -0.15) is 0 Å². The molecule has 0 aromatic heterocycles. The van der Waals surface area contributed by atoms with E-state index in [0.717, 1.165) is 9.37 Å². The Morgan fingerprint density at radius 1 is 1.32 bits per heavy atom. The van der Waals surface area contributed by atoms with Crippen LogP contribution in [-0.4, -0.2) is 42.7 Å². The average Bonchev–Trinajstić information content (AvgIpc) is 2.37. The highest BCUT2D eigenvalue weighted by atomic mass is 79.9. The van der Waals surface area contributed by atoms with Crippen molar-refractivity contribution in [1.29, 1.82) is 0 Å². The van der Waals surface area contributed by atoms with Crippen molar-refractivity contribution in [2.45, 2.75) is 11.8 Å². The molecule has 19 heavy (non-hydrogen) atoms. The molecule has 4 nitrogen and oxygen atoms in total. The molecule has 0 N–H and O–H groups in total. The number of thioether (sulfide) groups is 1. The fourth-order valence-electron chi connectivity index (χ4n) is 1.27. The van der Waals surface area contributed by atoms with E-state index in [4.69, 9.17) is 4.74 Å². The van der Waals surface area contributed by atoms with E-state index in [2.05, 4.69) is 15.9 Å². The third-order valence-corrected chi connectivity index (χ3v) is 3.80. The Kier molecular flexibility index (Phi) is 6.94. The predicted molar refractivity (Wildman–Crippen MR) is 79.1 cm³/mol. The van der Waals surface area contributed by atoms with Crippen LogP contribution in [0, 0.1) is 0 Å². The fourth-order valence-corrected chi connectivity index (χ4v) is 2.38. The highest BCUT2D eigenvalue weighted by Crippen LogP contribution is 2.20. The van der Waals surface area contributed by atoms with E-state index in [-0.39, 0.29) is 18.4 Å². The largest absolute Gasteiger partial charge is 0.465 e. The summed E-state index contributed by atoms with van der Waals surface area (Å²) in [6, 6.07) is 7.73. The first kappa shape index (κ1) is 16.0. The van der Waals surface area contributed by atoms with Crippen molar-refractivity contribution >= 4 is 39.6 Å². The van der Waals surface area contributed by atoms with Crippen molar-refractivity contribution in [3.63, 3.8) is 0 Å². The summed E-state index contributed by atoms with van der Waals surface area (Å²) in [6.07, 6.45) is 0. The highest BCUT2D eigenvalue weighted by Gasteiger charge is 2.13. The molecule has 0 aliphatic rings. The monoisotopic (exact) mass is 345 g/mol. The third kappa shape index (κ3) is 6.11. The third-order valence-electron chi connectivity index (χ3n) is 2.27. The molecular formula is C13H16BrNO3S. The van der Waals surface area contributed by atoms with E-state index in [9.17, 15) is 9.59 Å². The van der Waals surface area contributed by atoms with Gasteiger partial charge in [0.2, 0.25) is 5.91 Å². The lowest BCUT2D eigenvalue weighted by Gasteiger charge is -2.15. The summed E-state index contributed by atoms with van der Waals surface area (Å²) in [5.41, 5.74) is 0. The van der Waals surface area contributed by atoms with Crippen LogP contribution in [0.4, 0.5) is 0 Å². The van der Waals surface area contributed by atoms with Gasteiger partial charge in [-0.05, 0) is 31.2 Å². The maximum absolute atomic E-state index is 11.8. The molecule has 1 aromatic rings. The normalized spacial score (nSPS) is 10.1. The topological polar surface area (TPSA) is 46.6 Å². The molecule has 0 saturated heterocycles. The Bertz CT molecular complexity index is 436. The molecule has 0 heterocycles. The lowest BCUT2D eigenvalue weighted by atomic mass is 10.4. The Balaban J connectivity index is 2.38. The van der Waals surface area contributed by atoms with Crippen LogP contribution < -0.4 is 0 Å². The quantitative estimate of drug-likeness (QED) is 0.587. The van der Waals surface area contributed by atoms with Crippen molar-refractivity contribution in [3.8, 4) is 0 Å². The highest BCUT2D eigenvalue weighted by molar-refractivity contribution is 9.10. The van der Waals surface area contributed by atoms with Crippen LogP contribution in [0.15, 0.2) is 33.6 Å². The van der Waals surface area contributed by atoms with Crippen LogP contribution in [0.25, 0.3) is 0 Å². The van der Waals surface area contributed by atoms with Crippen LogP contribution >= 0.6 is 27.7 Å². The molecule has 0 spiro atoms. The Hall–Kier alpha value is -1.01. The number of carbonyl (C=O) groups excluding carboxylic acids is 2. The van der Waals surface area contributed by atoms with Crippen LogP contribution in [0.3, 0.4) is 0 Å². The Labute approximate surface area is 125 Å². The van der Waals surface area contributed by atoms with E-state index < -0.39 is 0 Å². The molecule has 1 amide bonds. The number of halogens is 1. The predicted octanol–water partition coefficient (Wildman–Crippen LogP) is 2.56. The number of hydrogen-bond acceptors (Lipinski definition) is 4. The number of rotatable bonds is 6. The Morgan fingerprint density at radius 2 is 1.95 bits per heavy atom. The summed E-state index contributed by atoms with van der Waals surface area (Å²) >= 11 is 4.80. The van der Waals surface area contributed by atoms with Gasteiger partial charge in [0.05, 0.1) is 12.4 Å². The summed E-state index contributed by atoms with van der Waals surface area (Å²) in [6.45, 7) is 2.06. The van der Waals surface area contributed by atoms with Gasteiger partial charge in [0.25, 0.3) is 0 Å². The molecule has 0 aliphatic heterocycles. The van der Waals surface area contributed by atoms with E-state index in [1.807, 2.05) is 24.3 Å². The number of carbonyl (C=O) groups is 2. The number of hydrogen-bond donors (Lipinski definition) is 0. The van der Waals surface area contributed by atoms with E-state index in [1.165, 1.54) is 16.7 Å². The van der Waals surface area contributed by atoms with Gasteiger partial charge in [-0.1, -0.05) is 15.9 Å². The van der Waals surface area contributed by atoms with Crippen LogP contribution in [0.1, 0.15) is 6.92 Å². The lowest BCUT2D eigenvalue weighted by molar-refractivity contribution is -0.147. The first-order valence-electron chi connectivity index (χ1n) is 5.81. The number of benzene rings is 1. The van der Waals surface area contributed by atoms with Gasteiger partial charge in [0, 0.05) is 16.4 Å². The van der Waals surface area contributed by atoms with Gasteiger partial charge >= 0.3 is 5.97 Å². The summed E-state index contributed by atoms with van der Waals surface area (Å²) in [5, 5.41) is 0. The van der Waals surface area contributed by atoms with Crippen molar-refractivity contribution in [3.05, 3.63) is 28.7 Å². The van der Waals surface area contributed by atoms with E-state index in [1.54, 1.807) is 14.0 Å². The first-order chi connectivity index (χ1) is 9.02. The van der Waals surface area contributed by atoms with Crippen LogP contribution in [0.5, 0.6) is 0 Å². The van der Waals surface area contributed by atoms with Crippen LogP contribution in [-0.2, 0) is 14.3 Å². The zero-order valence-corrected chi connectivity index (χ0v) is 13.3. The van der Waals surface area contributed by atoms with Crippen molar-refractivity contribution in [2.75, 3.05) is 26.0 Å². The number of likely N-dealkylation sites (N-methyl/N-ethyl adjacent to an activating group) is 1. The summed E-state index contributed by atoms with van der Waals surface area (Å²) in [5.74, 6) is -0.176. The Morgan fingerprint density at radius 3 is 2.53 bits per heavy atom. The second-order valence-corrected chi connectivity index (χ2v) is 5.76. The van der Waals surface area contributed by atoms with Crippen molar-refractivity contribution in [2.24, 2.45) is 0 Å². The summed E-state index contributed by atoms with van der Waals surface area (Å²) in [4.78, 5) is 25.4. The molecule has 0 unspecified atom stereocenters. The molecule has 0 fully saturated rings. The average molecular weight is 346 g/mol. The summed E-state index contributed by atoms with van der Waals surface area (Å²) in [7, 11) is 1.60. The molecule has 0 radical (unpaired) electrons. The fraction of sp³-hybridized carbons (Fsp3) is 0.385. The SMILES string of the molecule is CCOC(=O)CN(C)C(=O)CSc1ccc(Br)cc1. The molecule has 104 valence electrons. The van der Waals surface area contributed by atoms with Gasteiger partial charge in [0.1, 0.15) is 6.54 Å². The van der Waals surface area contributed by atoms with Crippen molar-refractivity contribution < 1.29 is 14.3 Å². The molecule has 0 atom stereocenters. The zero-order chi connectivity index (χ0) is 14.3. The maximum Gasteiger partial charge on any atom is 0.325 e. The van der Waals surface area contributed by atoms with Gasteiger partial charge in [0.15, 0.2) is 0 Å². The van der Waals surface area contributed by atoms with E-state index >= 15 is 0 Å². The van der Waals surface area contributed by atoms with Gasteiger partial charge in [-0.25, -0.2) is 0 Å². The first-order valence-corrected chi connectivity index (χ1v) is 7.58. The number of nitrogens with zero attached hydrogens (tertiary/aromatic N) is 1. The molecule has 0 saturated carbocycles. The standard InChI is InChI=1S/C13H16BrNO3S/c1-3-18-13(17)8-15(2)12(16)9-19-11-6-4-10(14)5-7-11/h4-7H,3,8-9H2,1-2H3. The minimum absolute atomic E-state index is 0.00638. The van der Waals surface area contributed by atoms with Gasteiger partial charge < -0.3 is 9.64 Å². The van der Waals surface area contributed by atoms with Gasteiger partial charge in [-0.15, -0.1) is 11.8 Å².